The van der Waals surface area contributed by atoms with Crippen molar-refractivity contribution >= 4 is 22.5 Å². The Balaban J connectivity index is 2.04. The van der Waals surface area contributed by atoms with Crippen LogP contribution in [0.1, 0.15) is 5.56 Å². The SMILES string of the molecule is Fc1c(C(F)(F)F)cc2c(nc(N3CCNCC3)c3nnnn32)c1F. The normalized spacial score (nSPS) is 16.1. The number of rotatable bonds is 1. The molecule has 0 saturated carbocycles. The van der Waals surface area contributed by atoms with Crippen LogP contribution < -0.4 is 10.2 Å². The van der Waals surface area contributed by atoms with Crippen molar-refractivity contribution in [3.8, 4) is 0 Å². The first-order chi connectivity index (χ1) is 11.9. The maximum atomic E-state index is 14.3. The Labute approximate surface area is 136 Å². The van der Waals surface area contributed by atoms with Crippen LogP contribution >= 0.6 is 0 Å². The maximum absolute atomic E-state index is 14.3. The number of alkyl halides is 3. The van der Waals surface area contributed by atoms with E-state index < -0.39 is 28.9 Å². The first kappa shape index (κ1) is 15.9. The molecular weight excluding hydrogens is 349 g/mol. The quantitative estimate of drug-likeness (QED) is 0.662. The highest BCUT2D eigenvalue weighted by Gasteiger charge is 2.37. The van der Waals surface area contributed by atoms with Gasteiger partial charge < -0.3 is 10.2 Å². The van der Waals surface area contributed by atoms with Crippen LogP contribution in [-0.4, -0.2) is 51.2 Å². The molecule has 0 unspecified atom stereocenters. The van der Waals surface area contributed by atoms with Crippen molar-refractivity contribution in [2.45, 2.75) is 6.18 Å². The third kappa shape index (κ3) is 2.44. The summed E-state index contributed by atoms with van der Waals surface area (Å²) in [6.07, 6.45) is -5.06. The Morgan fingerprint density at radius 3 is 2.48 bits per heavy atom. The van der Waals surface area contributed by atoms with E-state index in [-0.39, 0.29) is 17.0 Å². The van der Waals surface area contributed by atoms with E-state index in [1.54, 1.807) is 4.90 Å². The van der Waals surface area contributed by atoms with E-state index in [0.717, 1.165) is 4.52 Å². The number of aromatic nitrogens is 5. The molecule has 0 amide bonds. The molecule has 1 saturated heterocycles. The Hall–Kier alpha value is -2.63. The highest BCUT2D eigenvalue weighted by Crippen LogP contribution is 2.36. The lowest BCUT2D eigenvalue weighted by molar-refractivity contribution is -0.140. The molecule has 1 N–H and O–H groups in total. The minimum atomic E-state index is -5.06. The third-order valence-corrected chi connectivity index (χ3v) is 4.00. The lowest BCUT2D eigenvalue weighted by atomic mass is 10.1. The summed E-state index contributed by atoms with van der Waals surface area (Å²) in [4.78, 5) is 5.80. The molecule has 3 aromatic rings. The van der Waals surface area contributed by atoms with Gasteiger partial charge in [-0.2, -0.15) is 17.7 Å². The third-order valence-electron chi connectivity index (χ3n) is 4.00. The molecule has 7 nitrogen and oxygen atoms in total. The molecule has 1 aromatic carbocycles. The van der Waals surface area contributed by atoms with Crippen LogP contribution in [0.2, 0.25) is 0 Å². The predicted molar refractivity (Wildman–Crippen MR) is 76.1 cm³/mol. The minimum absolute atomic E-state index is 0.0773. The first-order valence-electron chi connectivity index (χ1n) is 7.30. The van der Waals surface area contributed by atoms with Gasteiger partial charge in [0.05, 0.1) is 11.1 Å². The molecule has 0 spiro atoms. The Morgan fingerprint density at radius 2 is 1.80 bits per heavy atom. The van der Waals surface area contributed by atoms with Gasteiger partial charge >= 0.3 is 6.18 Å². The van der Waals surface area contributed by atoms with Crippen molar-refractivity contribution < 1.29 is 22.0 Å². The summed E-state index contributed by atoms with van der Waals surface area (Å²) in [6, 6.07) is 0.464. The fraction of sp³-hybridized carbons (Fsp3) is 0.385. The number of piperazine rings is 1. The van der Waals surface area contributed by atoms with Gasteiger partial charge in [0.15, 0.2) is 17.5 Å². The highest BCUT2D eigenvalue weighted by atomic mass is 19.4. The predicted octanol–water partition coefficient (Wildman–Crippen LogP) is 1.38. The molecule has 12 heteroatoms. The van der Waals surface area contributed by atoms with Crippen molar-refractivity contribution in [2.24, 2.45) is 0 Å². The second-order valence-electron chi connectivity index (χ2n) is 5.50. The van der Waals surface area contributed by atoms with Gasteiger partial charge in [0.2, 0.25) is 5.65 Å². The zero-order valence-corrected chi connectivity index (χ0v) is 12.5. The monoisotopic (exact) mass is 359 g/mol. The van der Waals surface area contributed by atoms with Gasteiger partial charge in [-0.15, -0.1) is 5.10 Å². The number of tetrazole rings is 1. The van der Waals surface area contributed by atoms with Crippen LogP contribution in [0.4, 0.5) is 27.8 Å². The van der Waals surface area contributed by atoms with Crippen LogP contribution in [0, 0.1) is 11.6 Å². The zero-order chi connectivity index (χ0) is 17.8. The number of nitrogens with zero attached hydrogens (tertiary/aromatic N) is 6. The van der Waals surface area contributed by atoms with Gasteiger partial charge in [-0.1, -0.05) is 0 Å². The molecular formula is C13H10F5N7. The number of nitrogens with one attached hydrogen (secondary N) is 1. The fourth-order valence-corrected chi connectivity index (χ4v) is 2.81. The Morgan fingerprint density at radius 1 is 1.08 bits per heavy atom. The van der Waals surface area contributed by atoms with Gasteiger partial charge in [0, 0.05) is 26.2 Å². The van der Waals surface area contributed by atoms with Crippen LogP contribution in [-0.2, 0) is 6.18 Å². The average molecular weight is 359 g/mol. The topological polar surface area (TPSA) is 71.2 Å². The molecule has 1 aliphatic rings. The van der Waals surface area contributed by atoms with E-state index in [0.29, 0.717) is 32.2 Å². The van der Waals surface area contributed by atoms with E-state index in [9.17, 15) is 22.0 Å². The molecule has 4 rings (SSSR count). The number of benzene rings is 1. The molecule has 3 heterocycles. The average Bonchev–Trinajstić information content (AvgIpc) is 3.07. The summed E-state index contributed by atoms with van der Waals surface area (Å²) in [6.45, 7) is 2.31. The largest absolute Gasteiger partial charge is 0.419 e. The van der Waals surface area contributed by atoms with Crippen LogP contribution in [0.15, 0.2) is 6.07 Å². The van der Waals surface area contributed by atoms with Gasteiger partial charge in [-0.25, -0.2) is 13.8 Å². The van der Waals surface area contributed by atoms with Crippen molar-refractivity contribution in [3.05, 3.63) is 23.3 Å². The molecule has 0 bridgehead atoms. The number of halogens is 5. The molecule has 0 aliphatic carbocycles. The number of hydrogen-bond donors (Lipinski definition) is 1. The van der Waals surface area contributed by atoms with Gasteiger partial charge in [-0.3, -0.25) is 0 Å². The summed E-state index contributed by atoms with van der Waals surface area (Å²) >= 11 is 0. The number of fused-ring (bicyclic) bond motifs is 3. The second kappa shape index (κ2) is 5.44. The van der Waals surface area contributed by atoms with E-state index in [4.69, 9.17) is 0 Å². The summed E-state index contributed by atoms with van der Waals surface area (Å²) in [5, 5.41) is 13.9. The smallest absolute Gasteiger partial charge is 0.351 e. The van der Waals surface area contributed by atoms with Crippen molar-refractivity contribution in [1.29, 1.82) is 0 Å². The lowest BCUT2D eigenvalue weighted by Crippen LogP contribution is -2.44. The maximum Gasteiger partial charge on any atom is 0.419 e. The van der Waals surface area contributed by atoms with Crippen LogP contribution in [0.3, 0.4) is 0 Å². The van der Waals surface area contributed by atoms with E-state index in [1.807, 2.05) is 0 Å². The van der Waals surface area contributed by atoms with Gasteiger partial charge in [-0.05, 0) is 16.5 Å². The summed E-state index contributed by atoms with van der Waals surface area (Å²) in [5.74, 6) is -3.48. The van der Waals surface area contributed by atoms with E-state index in [1.165, 1.54) is 0 Å². The first-order valence-corrected chi connectivity index (χ1v) is 7.30. The standard InChI is InChI=1S/C13H10F5N7/c14-8-6(13(16,17)18)5-7-10(9(8)15)20-11(12-21-22-23-25(7)12)24-3-1-19-2-4-24/h5,19H,1-4H2. The lowest BCUT2D eigenvalue weighted by Gasteiger charge is -2.28. The Bertz CT molecular complexity index is 961. The zero-order valence-electron chi connectivity index (χ0n) is 12.5. The highest BCUT2D eigenvalue weighted by molar-refractivity contribution is 5.83. The van der Waals surface area contributed by atoms with Crippen LogP contribution in [0.25, 0.3) is 16.7 Å². The fourth-order valence-electron chi connectivity index (χ4n) is 2.81. The molecule has 25 heavy (non-hydrogen) atoms. The van der Waals surface area contributed by atoms with Crippen LogP contribution in [0.5, 0.6) is 0 Å². The molecule has 1 aliphatic heterocycles. The van der Waals surface area contributed by atoms with E-state index >= 15 is 0 Å². The van der Waals surface area contributed by atoms with Gasteiger partial charge in [0.25, 0.3) is 0 Å². The number of anilines is 1. The van der Waals surface area contributed by atoms with E-state index in [2.05, 4.69) is 25.8 Å². The van der Waals surface area contributed by atoms with Crippen molar-refractivity contribution in [2.75, 3.05) is 31.1 Å². The minimum Gasteiger partial charge on any atom is -0.351 e. The van der Waals surface area contributed by atoms with Crippen molar-refractivity contribution in [3.63, 3.8) is 0 Å². The van der Waals surface area contributed by atoms with Gasteiger partial charge in [0.1, 0.15) is 5.52 Å². The Kier molecular flexibility index (Phi) is 3.45. The molecule has 1 fully saturated rings. The summed E-state index contributed by atoms with van der Waals surface area (Å²) in [5.41, 5.74) is -2.57. The second-order valence-corrected chi connectivity index (χ2v) is 5.50. The molecule has 0 radical (unpaired) electrons. The number of hydrogen-bond acceptors (Lipinski definition) is 6. The summed E-state index contributed by atoms with van der Waals surface area (Å²) < 4.78 is 68.0. The molecule has 0 atom stereocenters. The summed E-state index contributed by atoms with van der Waals surface area (Å²) in [7, 11) is 0. The molecule has 132 valence electrons. The molecule has 2 aromatic heterocycles. The van der Waals surface area contributed by atoms with Crippen molar-refractivity contribution in [1.82, 2.24) is 30.3 Å².